The van der Waals surface area contributed by atoms with Crippen molar-refractivity contribution in [3.8, 4) is 0 Å². The molecule has 2 heteroatoms. The fourth-order valence-electron chi connectivity index (χ4n) is 2.37. The second-order valence-electron chi connectivity index (χ2n) is 4.70. The third-order valence-electron chi connectivity index (χ3n) is 3.56. The van der Waals surface area contributed by atoms with E-state index in [1.165, 1.54) is 30.4 Å². The Morgan fingerprint density at radius 2 is 2.33 bits per heavy atom. The molecule has 0 amide bonds. The van der Waals surface area contributed by atoms with E-state index in [9.17, 15) is 0 Å². The zero-order valence-corrected chi connectivity index (χ0v) is 9.66. The Morgan fingerprint density at radius 3 is 3.00 bits per heavy atom. The number of aromatic nitrogens is 1. The van der Waals surface area contributed by atoms with Crippen molar-refractivity contribution in [2.75, 3.05) is 0 Å². The van der Waals surface area contributed by atoms with Crippen LogP contribution in [0.1, 0.15) is 37.3 Å². The van der Waals surface area contributed by atoms with Crippen LogP contribution >= 0.6 is 0 Å². The van der Waals surface area contributed by atoms with Gasteiger partial charge in [0.1, 0.15) is 0 Å². The van der Waals surface area contributed by atoms with Crippen LogP contribution in [0.2, 0.25) is 0 Å². The van der Waals surface area contributed by atoms with Gasteiger partial charge >= 0.3 is 0 Å². The van der Waals surface area contributed by atoms with Crippen molar-refractivity contribution >= 4 is 0 Å². The summed E-state index contributed by atoms with van der Waals surface area (Å²) in [7, 11) is 0. The Morgan fingerprint density at radius 1 is 1.47 bits per heavy atom. The van der Waals surface area contributed by atoms with Gasteiger partial charge in [0.15, 0.2) is 0 Å². The molecule has 1 saturated carbocycles. The first-order valence-corrected chi connectivity index (χ1v) is 5.90. The molecular formula is C13H20N2. The number of nitrogens with zero attached hydrogens (tertiary/aromatic N) is 1. The number of hydrogen-bond acceptors (Lipinski definition) is 2. The maximum absolute atomic E-state index is 4.17. The first kappa shape index (κ1) is 10.6. The smallest absolute Gasteiger partial charge is 0.0315 e. The number of rotatable bonds is 3. The van der Waals surface area contributed by atoms with Gasteiger partial charge in [0.25, 0.3) is 0 Å². The molecule has 0 spiro atoms. The fourth-order valence-corrected chi connectivity index (χ4v) is 2.37. The summed E-state index contributed by atoms with van der Waals surface area (Å²) in [5.74, 6) is 0.835. The van der Waals surface area contributed by atoms with Crippen LogP contribution in [0, 0.1) is 12.8 Å². The normalized spacial score (nSPS) is 25.7. The SMILES string of the molecule is Cc1ccncc1CNC1CCCC1C. The van der Waals surface area contributed by atoms with E-state index < -0.39 is 0 Å². The standard InChI is InChI=1S/C13H20N2/c1-10-6-7-14-8-12(10)9-15-13-5-3-4-11(13)2/h6-8,11,13,15H,3-5,9H2,1-2H3. The first-order chi connectivity index (χ1) is 7.27. The summed E-state index contributed by atoms with van der Waals surface area (Å²) in [6, 6.07) is 2.79. The maximum atomic E-state index is 4.17. The van der Waals surface area contributed by atoms with Gasteiger partial charge in [-0.2, -0.15) is 0 Å². The highest BCUT2D eigenvalue weighted by atomic mass is 14.9. The first-order valence-electron chi connectivity index (χ1n) is 5.90. The van der Waals surface area contributed by atoms with Crippen molar-refractivity contribution < 1.29 is 0 Å². The molecule has 0 aliphatic heterocycles. The van der Waals surface area contributed by atoms with Crippen molar-refractivity contribution in [1.29, 1.82) is 0 Å². The molecule has 82 valence electrons. The second kappa shape index (κ2) is 4.75. The van der Waals surface area contributed by atoms with Crippen LogP contribution in [0.4, 0.5) is 0 Å². The predicted octanol–water partition coefficient (Wildman–Crippen LogP) is 2.67. The number of pyridine rings is 1. The molecular weight excluding hydrogens is 184 g/mol. The molecule has 1 heterocycles. The van der Waals surface area contributed by atoms with E-state index in [1.54, 1.807) is 0 Å². The lowest BCUT2D eigenvalue weighted by Crippen LogP contribution is -2.30. The predicted molar refractivity (Wildman–Crippen MR) is 62.6 cm³/mol. The van der Waals surface area contributed by atoms with Gasteiger partial charge in [-0.3, -0.25) is 4.98 Å². The average Bonchev–Trinajstić information content (AvgIpc) is 2.63. The number of hydrogen-bond donors (Lipinski definition) is 1. The molecule has 2 unspecified atom stereocenters. The van der Waals surface area contributed by atoms with Crippen LogP contribution in [0.3, 0.4) is 0 Å². The summed E-state index contributed by atoms with van der Waals surface area (Å²) in [6.07, 6.45) is 7.92. The molecule has 2 rings (SSSR count). The number of nitrogens with one attached hydrogen (secondary N) is 1. The Bertz CT molecular complexity index is 322. The maximum Gasteiger partial charge on any atom is 0.0315 e. The van der Waals surface area contributed by atoms with Crippen LogP contribution in [0.5, 0.6) is 0 Å². The van der Waals surface area contributed by atoms with Crippen molar-refractivity contribution in [1.82, 2.24) is 10.3 Å². The Kier molecular flexibility index (Phi) is 3.37. The molecule has 0 aromatic carbocycles. The lowest BCUT2D eigenvalue weighted by atomic mass is 10.1. The Balaban J connectivity index is 1.90. The molecule has 1 aromatic heterocycles. The number of aryl methyl sites for hydroxylation is 1. The topological polar surface area (TPSA) is 24.9 Å². The van der Waals surface area contributed by atoms with Gasteiger partial charge in [-0.05, 0) is 42.9 Å². The summed E-state index contributed by atoms with van der Waals surface area (Å²) < 4.78 is 0. The fraction of sp³-hybridized carbons (Fsp3) is 0.615. The molecule has 1 aliphatic rings. The molecule has 1 aliphatic carbocycles. The lowest BCUT2D eigenvalue weighted by Gasteiger charge is -2.17. The van der Waals surface area contributed by atoms with Gasteiger partial charge in [0.2, 0.25) is 0 Å². The van der Waals surface area contributed by atoms with E-state index in [0.29, 0.717) is 6.04 Å². The molecule has 2 atom stereocenters. The van der Waals surface area contributed by atoms with Crippen LogP contribution in [-0.2, 0) is 6.54 Å². The van der Waals surface area contributed by atoms with Gasteiger partial charge in [0.05, 0.1) is 0 Å². The minimum Gasteiger partial charge on any atom is -0.310 e. The van der Waals surface area contributed by atoms with E-state index in [0.717, 1.165) is 12.5 Å². The summed E-state index contributed by atoms with van der Waals surface area (Å²) in [4.78, 5) is 4.17. The summed E-state index contributed by atoms with van der Waals surface area (Å²) in [5.41, 5.74) is 2.67. The third kappa shape index (κ3) is 2.57. The van der Waals surface area contributed by atoms with Gasteiger partial charge in [0, 0.05) is 25.0 Å². The van der Waals surface area contributed by atoms with Crippen LogP contribution in [0.25, 0.3) is 0 Å². The lowest BCUT2D eigenvalue weighted by molar-refractivity contribution is 0.425. The second-order valence-corrected chi connectivity index (χ2v) is 4.70. The zero-order chi connectivity index (χ0) is 10.7. The van der Waals surface area contributed by atoms with Gasteiger partial charge in [-0.25, -0.2) is 0 Å². The van der Waals surface area contributed by atoms with E-state index in [-0.39, 0.29) is 0 Å². The third-order valence-corrected chi connectivity index (χ3v) is 3.56. The molecule has 2 nitrogen and oxygen atoms in total. The largest absolute Gasteiger partial charge is 0.310 e. The highest BCUT2D eigenvalue weighted by Gasteiger charge is 2.22. The van der Waals surface area contributed by atoms with Crippen LogP contribution in [0.15, 0.2) is 18.5 Å². The summed E-state index contributed by atoms with van der Waals surface area (Å²) in [5, 5.41) is 3.65. The van der Waals surface area contributed by atoms with Crippen LogP contribution in [-0.4, -0.2) is 11.0 Å². The molecule has 15 heavy (non-hydrogen) atoms. The molecule has 1 aromatic rings. The summed E-state index contributed by atoms with van der Waals surface area (Å²) >= 11 is 0. The zero-order valence-electron chi connectivity index (χ0n) is 9.66. The van der Waals surface area contributed by atoms with E-state index in [4.69, 9.17) is 0 Å². The van der Waals surface area contributed by atoms with Gasteiger partial charge in [-0.1, -0.05) is 13.3 Å². The highest BCUT2D eigenvalue weighted by Crippen LogP contribution is 2.25. The van der Waals surface area contributed by atoms with E-state index in [2.05, 4.69) is 30.2 Å². The minimum atomic E-state index is 0.713. The van der Waals surface area contributed by atoms with Gasteiger partial charge in [-0.15, -0.1) is 0 Å². The van der Waals surface area contributed by atoms with Crippen molar-refractivity contribution in [2.24, 2.45) is 5.92 Å². The highest BCUT2D eigenvalue weighted by molar-refractivity contribution is 5.21. The summed E-state index contributed by atoms with van der Waals surface area (Å²) in [6.45, 7) is 5.46. The van der Waals surface area contributed by atoms with E-state index in [1.807, 2.05) is 12.4 Å². The van der Waals surface area contributed by atoms with Gasteiger partial charge < -0.3 is 5.32 Å². The Hall–Kier alpha value is -0.890. The quantitative estimate of drug-likeness (QED) is 0.818. The van der Waals surface area contributed by atoms with Crippen molar-refractivity contribution in [3.05, 3.63) is 29.6 Å². The van der Waals surface area contributed by atoms with Crippen molar-refractivity contribution in [3.63, 3.8) is 0 Å². The molecule has 1 fully saturated rings. The molecule has 0 radical (unpaired) electrons. The molecule has 0 bridgehead atoms. The monoisotopic (exact) mass is 204 g/mol. The van der Waals surface area contributed by atoms with Crippen LogP contribution < -0.4 is 5.32 Å². The van der Waals surface area contributed by atoms with Crippen molar-refractivity contribution in [2.45, 2.75) is 45.7 Å². The van der Waals surface area contributed by atoms with E-state index >= 15 is 0 Å². The minimum absolute atomic E-state index is 0.713. The average molecular weight is 204 g/mol. The Labute approximate surface area is 92.1 Å². The molecule has 1 N–H and O–H groups in total. The molecule has 0 saturated heterocycles.